The molecule has 0 aliphatic rings. The van der Waals surface area contributed by atoms with Gasteiger partial charge in [0.1, 0.15) is 0 Å². The number of nitrogens with zero attached hydrogens (tertiary/aromatic N) is 1. The molecule has 274 valence electrons. The average molecular weight is 748 g/mol. The second-order valence-electron chi connectivity index (χ2n) is 15.7. The highest BCUT2D eigenvalue weighted by molar-refractivity contribution is 6.31. The maximum Gasteiger partial charge on any atom is 0.0626 e. The van der Waals surface area contributed by atoms with Crippen LogP contribution in [0.5, 0.6) is 0 Å². The minimum absolute atomic E-state index is 1.20. The SMILES string of the molecule is c1ccc(-c2cc(-c3ccccc3)cc(-c3ccc4c(c3)c3cc(-c5cc(-c6ccccc6)cc(-c6ccccc6)c5)c5cccc6c7ccccc7n4c3c56)c2)cc1. The van der Waals surface area contributed by atoms with Gasteiger partial charge in [-0.15, -0.1) is 0 Å². The number of benzene rings is 10. The monoisotopic (exact) mass is 747 g/mol. The van der Waals surface area contributed by atoms with Gasteiger partial charge in [0.05, 0.1) is 16.6 Å². The molecule has 59 heavy (non-hydrogen) atoms. The van der Waals surface area contributed by atoms with E-state index in [1.165, 1.54) is 116 Å². The molecule has 2 aromatic heterocycles. The Balaban J connectivity index is 1.17. The first-order chi connectivity index (χ1) is 29.2. The van der Waals surface area contributed by atoms with E-state index in [9.17, 15) is 0 Å². The third-order valence-electron chi connectivity index (χ3n) is 12.3. The molecule has 12 rings (SSSR count). The lowest BCUT2D eigenvalue weighted by Crippen LogP contribution is -1.94. The van der Waals surface area contributed by atoms with Crippen molar-refractivity contribution in [3.05, 3.63) is 224 Å². The van der Waals surface area contributed by atoms with Gasteiger partial charge in [-0.05, 0) is 138 Å². The van der Waals surface area contributed by atoms with Gasteiger partial charge in [-0.1, -0.05) is 164 Å². The first-order valence-electron chi connectivity index (χ1n) is 20.4. The summed E-state index contributed by atoms with van der Waals surface area (Å²) in [5.74, 6) is 0. The van der Waals surface area contributed by atoms with Crippen LogP contribution in [0.15, 0.2) is 224 Å². The standard InChI is InChI=1S/C58H37N/c1-5-16-38(17-6-1)43-30-44(39-18-7-2-8-19-39)33-47(32-43)42-28-29-56-53(36-42)54-37-52(51-26-15-25-50-49-24-13-14-27-55(49)59(56)58(54)57(50)51)48-34-45(40-20-9-3-10-21-40)31-46(35-48)41-22-11-4-12-23-41/h1-37H. The minimum atomic E-state index is 1.20. The molecule has 0 N–H and O–H groups in total. The van der Waals surface area contributed by atoms with Gasteiger partial charge in [-0.3, -0.25) is 0 Å². The minimum Gasteiger partial charge on any atom is -0.308 e. The van der Waals surface area contributed by atoms with Crippen molar-refractivity contribution in [1.82, 2.24) is 4.40 Å². The molecule has 0 bridgehead atoms. The first-order valence-corrected chi connectivity index (χ1v) is 20.4. The Labute approximate surface area is 343 Å². The highest BCUT2D eigenvalue weighted by Gasteiger charge is 2.22. The van der Waals surface area contributed by atoms with E-state index in [2.05, 4.69) is 229 Å². The van der Waals surface area contributed by atoms with E-state index in [-0.39, 0.29) is 0 Å². The summed E-state index contributed by atoms with van der Waals surface area (Å²) in [7, 11) is 0. The molecule has 0 aliphatic carbocycles. The summed E-state index contributed by atoms with van der Waals surface area (Å²) in [6.07, 6.45) is 0. The Morgan fingerprint density at radius 1 is 0.220 bits per heavy atom. The maximum absolute atomic E-state index is 2.52. The summed E-state index contributed by atoms with van der Waals surface area (Å²) < 4.78 is 2.52. The van der Waals surface area contributed by atoms with Crippen molar-refractivity contribution in [1.29, 1.82) is 0 Å². The highest BCUT2D eigenvalue weighted by Crippen LogP contribution is 2.47. The summed E-state index contributed by atoms with van der Waals surface area (Å²) in [4.78, 5) is 0. The fourth-order valence-electron chi connectivity index (χ4n) is 9.52. The van der Waals surface area contributed by atoms with E-state index in [4.69, 9.17) is 0 Å². The molecule has 0 amide bonds. The quantitative estimate of drug-likeness (QED) is 0.118. The number of pyridine rings is 1. The maximum atomic E-state index is 2.52. The Bertz CT molecular complexity index is 3390. The second kappa shape index (κ2) is 13.4. The summed E-state index contributed by atoms with van der Waals surface area (Å²) in [6, 6.07) is 82.6. The lowest BCUT2D eigenvalue weighted by molar-refractivity contribution is 1.35. The van der Waals surface area contributed by atoms with Crippen LogP contribution < -0.4 is 0 Å². The lowest BCUT2D eigenvalue weighted by atomic mass is 9.88. The molecule has 2 heterocycles. The van der Waals surface area contributed by atoms with Gasteiger partial charge in [0.15, 0.2) is 0 Å². The molecule has 0 fully saturated rings. The predicted molar refractivity (Wildman–Crippen MR) is 251 cm³/mol. The normalized spacial score (nSPS) is 11.7. The molecule has 0 unspecified atom stereocenters. The first kappa shape index (κ1) is 33.4. The molecule has 12 aromatic rings. The zero-order valence-electron chi connectivity index (χ0n) is 32.3. The van der Waals surface area contributed by atoms with E-state index < -0.39 is 0 Å². The van der Waals surface area contributed by atoms with Crippen molar-refractivity contribution >= 4 is 48.9 Å². The molecule has 1 nitrogen and oxygen atoms in total. The van der Waals surface area contributed by atoms with Crippen molar-refractivity contribution in [2.24, 2.45) is 0 Å². The lowest BCUT2D eigenvalue weighted by Gasteiger charge is -2.17. The van der Waals surface area contributed by atoms with Gasteiger partial charge >= 0.3 is 0 Å². The van der Waals surface area contributed by atoms with Gasteiger partial charge in [0, 0.05) is 21.5 Å². The summed E-state index contributed by atoms with van der Waals surface area (Å²) >= 11 is 0. The number of aromatic nitrogens is 1. The van der Waals surface area contributed by atoms with Crippen molar-refractivity contribution < 1.29 is 0 Å². The van der Waals surface area contributed by atoms with Gasteiger partial charge in [0.25, 0.3) is 0 Å². The van der Waals surface area contributed by atoms with E-state index in [1.807, 2.05) is 0 Å². The zero-order valence-corrected chi connectivity index (χ0v) is 32.3. The van der Waals surface area contributed by atoms with E-state index in [0.717, 1.165) is 0 Å². The number of hydrogen-bond donors (Lipinski definition) is 0. The Morgan fingerprint density at radius 3 is 1.19 bits per heavy atom. The summed E-state index contributed by atoms with van der Waals surface area (Å²) in [5, 5.41) is 7.63. The summed E-state index contributed by atoms with van der Waals surface area (Å²) in [5.41, 5.74) is 18.3. The van der Waals surface area contributed by atoms with Gasteiger partial charge in [0.2, 0.25) is 0 Å². The molecule has 10 aromatic carbocycles. The number of para-hydroxylation sites is 1. The van der Waals surface area contributed by atoms with Crippen LogP contribution in [0.1, 0.15) is 0 Å². The van der Waals surface area contributed by atoms with Gasteiger partial charge in [-0.2, -0.15) is 0 Å². The Morgan fingerprint density at radius 2 is 0.644 bits per heavy atom. The molecule has 0 aliphatic heterocycles. The molecule has 0 saturated carbocycles. The molecule has 0 spiro atoms. The smallest absolute Gasteiger partial charge is 0.0626 e. The Hall–Kier alpha value is -7.74. The average Bonchev–Trinajstić information content (AvgIpc) is 3.66. The topological polar surface area (TPSA) is 4.41 Å². The Kier molecular flexibility index (Phi) is 7.61. The second-order valence-corrected chi connectivity index (χ2v) is 15.7. The van der Waals surface area contributed by atoms with Crippen molar-refractivity contribution in [3.8, 4) is 66.8 Å². The van der Waals surface area contributed by atoms with E-state index >= 15 is 0 Å². The fourth-order valence-corrected chi connectivity index (χ4v) is 9.52. The number of rotatable bonds is 6. The van der Waals surface area contributed by atoms with Crippen LogP contribution in [0.3, 0.4) is 0 Å². The van der Waals surface area contributed by atoms with Crippen LogP contribution in [-0.4, -0.2) is 4.40 Å². The van der Waals surface area contributed by atoms with Crippen LogP contribution in [0.4, 0.5) is 0 Å². The van der Waals surface area contributed by atoms with Crippen LogP contribution in [0, 0.1) is 0 Å². The highest BCUT2D eigenvalue weighted by atomic mass is 14.9. The van der Waals surface area contributed by atoms with Crippen LogP contribution in [0.25, 0.3) is 116 Å². The van der Waals surface area contributed by atoms with E-state index in [0.29, 0.717) is 0 Å². The molecule has 0 saturated heterocycles. The summed E-state index contributed by atoms with van der Waals surface area (Å²) in [6.45, 7) is 0. The molecular formula is C58H37N. The third kappa shape index (κ3) is 5.47. The molecule has 0 atom stereocenters. The predicted octanol–water partition coefficient (Wildman–Crippen LogP) is 16.0. The molecule has 1 heteroatoms. The fraction of sp³-hybridized carbons (Fsp3) is 0. The van der Waals surface area contributed by atoms with Crippen molar-refractivity contribution in [2.75, 3.05) is 0 Å². The number of fused-ring (bicyclic) bond motifs is 6. The third-order valence-corrected chi connectivity index (χ3v) is 12.3. The zero-order chi connectivity index (χ0) is 38.9. The molecule has 0 radical (unpaired) electrons. The molecular weight excluding hydrogens is 711 g/mol. The number of hydrogen-bond acceptors (Lipinski definition) is 0. The van der Waals surface area contributed by atoms with Crippen LogP contribution in [-0.2, 0) is 0 Å². The van der Waals surface area contributed by atoms with Gasteiger partial charge in [-0.25, -0.2) is 0 Å². The van der Waals surface area contributed by atoms with Crippen molar-refractivity contribution in [2.45, 2.75) is 0 Å². The van der Waals surface area contributed by atoms with Crippen LogP contribution in [0.2, 0.25) is 0 Å². The van der Waals surface area contributed by atoms with Gasteiger partial charge < -0.3 is 4.40 Å². The van der Waals surface area contributed by atoms with Crippen LogP contribution >= 0.6 is 0 Å². The van der Waals surface area contributed by atoms with E-state index in [1.54, 1.807) is 0 Å². The largest absolute Gasteiger partial charge is 0.308 e. The van der Waals surface area contributed by atoms with Crippen molar-refractivity contribution in [3.63, 3.8) is 0 Å².